The number of aromatic nitrogens is 4. The number of aromatic hydroxyl groups is 1. The van der Waals surface area contributed by atoms with Crippen LogP contribution in [0.25, 0.3) is 0 Å². The van der Waals surface area contributed by atoms with Gasteiger partial charge in [0.1, 0.15) is 0 Å². The van der Waals surface area contributed by atoms with Crippen molar-refractivity contribution in [1.29, 1.82) is 0 Å². The van der Waals surface area contributed by atoms with Gasteiger partial charge in [0, 0.05) is 14.1 Å². The summed E-state index contributed by atoms with van der Waals surface area (Å²) in [6.07, 6.45) is 2.84. The van der Waals surface area contributed by atoms with Gasteiger partial charge in [-0.05, 0) is 27.5 Å². The number of halogens is 2. The van der Waals surface area contributed by atoms with Gasteiger partial charge in [0.05, 0.1) is 19.5 Å². The van der Waals surface area contributed by atoms with E-state index in [0.29, 0.717) is 22.1 Å². The molecule has 0 fully saturated rings. The quantitative estimate of drug-likeness (QED) is 0.699. The minimum absolute atomic E-state index is 0.0469. The molecule has 0 bridgehead atoms. The average Bonchev–Trinajstić information content (AvgIpc) is 2.50. The lowest BCUT2D eigenvalue weighted by Crippen LogP contribution is -1.97. The Morgan fingerprint density at radius 1 is 1.14 bits per heavy atom. The van der Waals surface area contributed by atoms with E-state index >= 15 is 0 Å². The Bertz CT molecular complexity index is 601. The van der Waals surface area contributed by atoms with Gasteiger partial charge in [-0.2, -0.15) is 4.98 Å². The van der Waals surface area contributed by atoms with E-state index in [0.717, 1.165) is 0 Å². The molecule has 0 saturated heterocycles. The summed E-state index contributed by atoms with van der Waals surface area (Å²) in [5.41, 5.74) is 0. The van der Waals surface area contributed by atoms with Crippen LogP contribution in [-0.2, 0) is 0 Å². The number of methoxy groups -OCH3 is 1. The monoisotopic (exact) mass is 376 g/mol. The third-order valence-corrected chi connectivity index (χ3v) is 2.72. The van der Waals surface area contributed by atoms with Crippen LogP contribution in [0.4, 0.5) is 11.6 Å². The van der Waals surface area contributed by atoms with Crippen LogP contribution in [0.5, 0.6) is 11.5 Å². The van der Waals surface area contributed by atoms with E-state index in [2.05, 4.69) is 46.5 Å². The van der Waals surface area contributed by atoms with E-state index in [1.165, 1.54) is 12.4 Å². The first kappa shape index (κ1) is 17.2. The third-order valence-electron chi connectivity index (χ3n) is 2.16. The van der Waals surface area contributed by atoms with Crippen molar-refractivity contribution in [3.8, 4) is 11.5 Å². The van der Waals surface area contributed by atoms with Crippen molar-refractivity contribution in [3.63, 3.8) is 0 Å². The number of nitrogens with one attached hydrogen (secondary N) is 2. The van der Waals surface area contributed by atoms with Gasteiger partial charge >= 0.3 is 0 Å². The number of nitrogens with zero attached hydrogens (tertiary/aromatic N) is 4. The van der Waals surface area contributed by atoms with Crippen molar-refractivity contribution in [2.75, 3.05) is 31.8 Å². The fraction of sp³-hybridized carbons (Fsp3) is 0.273. The van der Waals surface area contributed by atoms with Crippen LogP contribution in [0.15, 0.2) is 17.1 Å². The van der Waals surface area contributed by atoms with Gasteiger partial charge < -0.3 is 20.5 Å². The molecule has 0 amide bonds. The zero-order valence-electron chi connectivity index (χ0n) is 11.6. The van der Waals surface area contributed by atoms with Gasteiger partial charge in [-0.15, -0.1) is 0 Å². The van der Waals surface area contributed by atoms with Crippen molar-refractivity contribution in [2.45, 2.75) is 0 Å². The van der Waals surface area contributed by atoms with Gasteiger partial charge in [-0.25, -0.2) is 15.0 Å². The van der Waals surface area contributed by atoms with Crippen LogP contribution < -0.4 is 15.4 Å². The van der Waals surface area contributed by atoms with Gasteiger partial charge in [0.2, 0.25) is 5.28 Å². The second kappa shape index (κ2) is 8.42. The predicted octanol–water partition coefficient (Wildman–Crippen LogP) is 2.17. The lowest BCUT2D eigenvalue weighted by atomic mass is 10.5. The zero-order chi connectivity index (χ0) is 15.8. The van der Waals surface area contributed by atoms with E-state index in [4.69, 9.17) is 21.4 Å². The van der Waals surface area contributed by atoms with Gasteiger partial charge in [0.25, 0.3) is 0 Å². The zero-order valence-corrected chi connectivity index (χ0v) is 13.9. The van der Waals surface area contributed by atoms with E-state index in [9.17, 15) is 0 Å². The molecular weight excluding hydrogens is 364 g/mol. The molecule has 0 aromatic carbocycles. The molecule has 8 nitrogen and oxygen atoms in total. The summed E-state index contributed by atoms with van der Waals surface area (Å²) in [6, 6.07) is 0. The Balaban J connectivity index is 0.000000211. The van der Waals surface area contributed by atoms with Crippen molar-refractivity contribution in [3.05, 3.63) is 22.4 Å². The highest BCUT2D eigenvalue weighted by Gasteiger charge is 2.03. The summed E-state index contributed by atoms with van der Waals surface area (Å²) < 4.78 is 5.40. The first-order valence-corrected chi connectivity index (χ1v) is 6.82. The van der Waals surface area contributed by atoms with Crippen LogP contribution in [0.3, 0.4) is 0 Å². The predicted molar refractivity (Wildman–Crippen MR) is 84.1 cm³/mol. The molecular formula is C11H14BrClN6O2. The summed E-state index contributed by atoms with van der Waals surface area (Å²) in [5, 5.41) is 14.8. The Labute approximate surface area is 135 Å². The first-order chi connectivity index (χ1) is 10.0. The van der Waals surface area contributed by atoms with Crippen molar-refractivity contribution in [1.82, 2.24) is 19.9 Å². The summed E-state index contributed by atoms with van der Waals surface area (Å²) in [5.74, 6) is 1.64. The van der Waals surface area contributed by atoms with Crippen molar-refractivity contribution < 1.29 is 9.84 Å². The van der Waals surface area contributed by atoms with Crippen LogP contribution in [0, 0.1) is 0 Å². The van der Waals surface area contributed by atoms with E-state index < -0.39 is 0 Å². The second-order valence-corrected chi connectivity index (χ2v) is 4.48. The Kier molecular flexibility index (Phi) is 6.89. The first-order valence-electron chi connectivity index (χ1n) is 5.65. The molecule has 2 aromatic heterocycles. The molecule has 0 saturated carbocycles. The highest BCUT2D eigenvalue weighted by atomic mass is 79.9. The smallest absolute Gasteiger partial charge is 0.224 e. The maximum absolute atomic E-state index is 9.03. The molecule has 114 valence electrons. The molecule has 0 aliphatic rings. The number of anilines is 2. The molecule has 0 unspecified atom stereocenters. The molecule has 0 spiro atoms. The number of hydrogen-bond donors (Lipinski definition) is 3. The lowest BCUT2D eigenvalue weighted by Gasteiger charge is -2.04. The lowest BCUT2D eigenvalue weighted by molar-refractivity contribution is 0.413. The molecule has 0 aliphatic heterocycles. The summed E-state index contributed by atoms with van der Waals surface area (Å²) in [6.45, 7) is 0. The molecule has 0 radical (unpaired) electrons. The maximum atomic E-state index is 9.03. The fourth-order valence-electron chi connectivity index (χ4n) is 1.22. The molecule has 21 heavy (non-hydrogen) atoms. The number of hydrogen-bond acceptors (Lipinski definition) is 8. The maximum Gasteiger partial charge on any atom is 0.224 e. The van der Waals surface area contributed by atoms with Crippen LogP contribution >= 0.6 is 27.5 Å². The SMILES string of the molecule is CNc1nc(Br)ncc1O.CNc1nc(Cl)ncc1OC. The third kappa shape index (κ3) is 5.20. The molecule has 10 heteroatoms. The van der Waals surface area contributed by atoms with E-state index in [1.54, 1.807) is 21.2 Å². The summed E-state index contributed by atoms with van der Waals surface area (Å²) in [4.78, 5) is 15.2. The second-order valence-electron chi connectivity index (χ2n) is 3.43. The van der Waals surface area contributed by atoms with Gasteiger partial charge in [-0.3, -0.25) is 0 Å². The van der Waals surface area contributed by atoms with E-state index in [-0.39, 0.29) is 11.0 Å². The standard InChI is InChI=1S/C6H8ClN3O.C5H6BrN3O/c1-8-5-4(11-2)3-9-6(7)10-5;1-7-4-3(10)2-8-5(6)9-4/h3H,1-2H3,(H,8,9,10);2,10H,1H3,(H,7,8,9). The summed E-state index contributed by atoms with van der Waals surface area (Å²) >= 11 is 8.60. The Morgan fingerprint density at radius 3 is 2.33 bits per heavy atom. The topological polar surface area (TPSA) is 105 Å². The van der Waals surface area contributed by atoms with Crippen molar-refractivity contribution in [2.24, 2.45) is 0 Å². The minimum Gasteiger partial charge on any atom is -0.503 e. The summed E-state index contributed by atoms with van der Waals surface area (Å²) in [7, 11) is 4.96. The van der Waals surface area contributed by atoms with Crippen molar-refractivity contribution >= 4 is 39.2 Å². The molecule has 2 aromatic rings. The average molecular weight is 378 g/mol. The van der Waals surface area contributed by atoms with Crippen LogP contribution in [0.2, 0.25) is 5.28 Å². The number of ether oxygens (including phenoxy) is 1. The molecule has 2 rings (SSSR count). The fourth-order valence-corrected chi connectivity index (χ4v) is 1.63. The van der Waals surface area contributed by atoms with E-state index in [1.807, 2.05) is 0 Å². The number of rotatable bonds is 3. The molecule has 0 atom stereocenters. The highest BCUT2D eigenvalue weighted by Crippen LogP contribution is 2.20. The van der Waals surface area contributed by atoms with Gasteiger partial charge in [0.15, 0.2) is 27.9 Å². The largest absolute Gasteiger partial charge is 0.503 e. The Morgan fingerprint density at radius 2 is 1.81 bits per heavy atom. The molecule has 3 N–H and O–H groups in total. The minimum atomic E-state index is 0.0469. The highest BCUT2D eigenvalue weighted by molar-refractivity contribution is 9.10. The molecule has 2 heterocycles. The van der Waals surface area contributed by atoms with Crippen LogP contribution in [-0.4, -0.2) is 46.2 Å². The normalized spacial score (nSPS) is 9.38. The van der Waals surface area contributed by atoms with Crippen LogP contribution in [0.1, 0.15) is 0 Å². The Hall–Kier alpha value is -1.87. The molecule has 0 aliphatic carbocycles. The van der Waals surface area contributed by atoms with Gasteiger partial charge in [-0.1, -0.05) is 0 Å².